The van der Waals surface area contributed by atoms with Crippen molar-refractivity contribution in [3.63, 3.8) is 0 Å². The summed E-state index contributed by atoms with van der Waals surface area (Å²) >= 11 is 12.3. The van der Waals surface area contributed by atoms with E-state index in [2.05, 4.69) is 16.1 Å². The topological polar surface area (TPSA) is 103 Å². The number of urea groups is 1. The van der Waals surface area contributed by atoms with Crippen molar-refractivity contribution in [3.05, 3.63) is 64.1 Å². The van der Waals surface area contributed by atoms with Gasteiger partial charge in [0.15, 0.2) is 0 Å². The third kappa shape index (κ3) is 6.64. The molecule has 2 aromatic rings. The van der Waals surface area contributed by atoms with Crippen LogP contribution in [0.2, 0.25) is 10.0 Å². The molecule has 0 radical (unpaired) electrons. The largest absolute Gasteiger partial charge is 0.370 e. The Kier molecular flexibility index (Phi) is 8.46. The standard InChI is InChI=1S/C24H27Cl2N5O4/c25-16-5-7-17(8-6-16)27-24(34)28-22(19-3-1-2-4-20(19)26)23(33)29-30-11-9-18(10-12-30)31-13-14-35-15-21(31)32/h1-8,18,22H,9-15H2,(H,29,33)(H2,27,28,34). The summed E-state index contributed by atoms with van der Waals surface area (Å²) in [7, 11) is 0. The summed E-state index contributed by atoms with van der Waals surface area (Å²) in [6.07, 6.45) is 1.46. The van der Waals surface area contributed by atoms with Crippen molar-refractivity contribution in [2.75, 3.05) is 38.2 Å². The first kappa shape index (κ1) is 25.2. The number of hydrogen-bond acceptors (Lipinski definition) is 5. The van der Waals surface area contributed by atoms with Gasteiger partial charge in [-0.05, 0) is 43.2 Å². The van der Waals surface area contributed by atoms with Crippen LogP contribution in [0, 0.1) is 0 Å². The number of rotatable bonds is 6. The van der Waals surface area contributed by atoms with E-state index in [0.717, 1.165) is 12.8 Å². The summed E-state index contributed by atoms with van der Waals surface area (Å²) in [6.45, 7) is 2.42. The number of morpholine rings is 1. The Morgan fingerprint density at radius 1 is 1.00 bits per heavy atom. The number of anilines is 1. The van der Waals surface area contributed by atoms with Crippen LogP contribution in [0.25, 0.3) is 0 Å². The number of hydrogen-bond donors (Lipinski definition) is 3. The van der Waals surface area contributed by atoms with Gasteiger partial charge in [-0.1, -0.05) is 41.4 Å². The maximum atomic E-state index is 13.3. The van der Waals surface area contributed by atoms with Crippen LogP contribution in [0.5, 0.6) is 0 Å². The summed E-state index contributed by atoms with van der Waals surface area (Å²) in [4.78, 5) is 40.0. The van der Waals surface area contributed by atoms with Crippen LogP contribution in [-0.2, 0) is 14.3 Å². The van der Waals surface area contributed by atoms with Crippen molar-refractivity contribution in [3.8, 4) is 0 Å². The average Bonchev–Trinajstić information content (AvgIpc) is 2.85. The Labute approximate surface area is 213 Å². The first-order chi connectivity index (χ1) is 16.9. The zero-order valence-electron chi connectivity index (χ0n) is 19.0. The van der Waals surface area contributed by atoms with Gasteiger partial charge >= 0.3 is 6.03 Å². The van der Waals surface area contributed by atoms with Crippen LogP contribution in [0.15, 0.2) is 48.5 Å². The summed E-state index contributed by atoms with van der Waals surface area (Å²) in [6, 6.07) is 12.1. The van der Waals surface area contributed by atoms with Crippen LogP contribution in [-0.4, -0.2) is 66.6 Å². The Morgan fingerprint density at radius 2 is 1.71 bits per heavy atom. The first-order valence-electron chi connectivity index (χ1n) is 11.4. The molecule has 2 saturated heterocycles. The average molecular weight is 520 g/mol. The van der Waals surface area contributed by atoms with Crippen LogP contribution in [0.4, 0.5) is 10.5 Å². The molecule has 0 aliphatic carbocycles. The number of hydrazine groups is 1. The second-order valence-electron chi connectivity index (χ2n) is 8.39. The van der Waals surface area contributed by atoms with Gasteiger partial charge in [0.2, 0.25) is 5.91 Å². The third-order valence-electron chi connectivity index (χ3n) is 6.05. The minimum Gasteiger partial charge on any atom is -0.370 e. The van der Waals surface area contributed by atoms with Gasteiger partial charge in [0.25, 0.3) is 5.91 Å². The fourth-order valence-electron chi connectivity index (χ4n) is 4.25. The quantitative estimate of drug-likeness (QED) is 0.543. The van der Waals surface area contributed by atoms with Crippen LogP contribution >= 0.6 is 23.2 Å². The highest BCUT2D eigenvalue weighted by molar-refractivity contribution is 6.31. The van der Waals surface area contributed by atoms with E-state index >= 15 is 0 Å². The van der Waals surface area contributed by atoms with Crippen molar-refractivity contribution < 1.29 is 19.1 Å². The molecule has 1 atom stereocenters. The molecule has 0 saturated carbocycles. The van der Waals surface area contributed by atoms with Crippen molar-refractivity contribution >= 4 is 46.7 Å². The molecular weight excluding hydrogens is 493 g/mol. The van der Waals surface area contributed by atoms with Gasteiger partial charge in [-0.15, -0.1) is 0 Å². The minimum absolute atomic E-state index is 0.00780. The van der Waals surface area contributed by atoms with Gasteiger partial charge in [-0.25, -0.2) is 9.80 Å². The lowest BCUT2D eigenvalue weighted by Gasteiger charge is -2.40. The minimum atomic E-state index is -1.02. The lowest BCUT2D eigenvalue weighted by molar-refractivity contribution is -0.147. The van der Waals surface area contributed by atoms with Gasteiger partial charge in [-0.2, -0.15) is 0 Å². The molecule has 2 fully saturated rings. The molecule has 3 N–H and O–H groups in total. The molecule has 1 unspecified atom stereocenters. The van der Waals surface area contributed by atoms with Gasteiger partial charge in [0.05, 0.1) is 6.61 Å². The Bertz CT molecular complexity index is 1060. The van der Waals surface area contributed by atoms with Gasteiger partial charge in [0, 0.05) is 47.0 Å². The molecule has 11 heteroatoms. The van der Waals surface area contributed by atoms with Crippen molar-refractivity contribution in [2.45, 2.75) is 24.9 Å². The molecule has 2 aliphatic heterocycles. The number of nitrogens with zero attached hydrogens (tertiary/aromatic N) is 2. The fraction of sp³-hybridized carbons (Fsp3) is 0.375. The molecule has 9 nitrogen and oxygen atoms in total. The second kappa shape index (κ2) is 11.7. The molecule has 0 bridgehead atoms. The smallest absolute Gasteiger partial charge is 0.320 e. The molecule has 0 aromatic heterocycles. The maximum absolute atomic E-state index is 13.3. The highest BCUT2D eigenvalue weighted by Crippen LogP contribution is 2.24. The normalized spacial score (nSPS) is 18.1. The number of piperidine rings is 1. The zero-order valence-corrected chi connectivity index (χ0v) is 20.5. The molecule has 35 heavy (non-hydrogen) atoms. The molecule has 4 amide bonds. The number of halogens is 2. The fourth-order valence-corrected chi connectivity index (χ4v) is 4.62. The Balaban J connectivity index is 1.39. The van der Waals surface area contributed by atoms with E-state index in [-0.39, 0.29) is 18.6 Å². The van der Waals surface area contributed by atoms with Crippen molar-refractivity contribution in [2.24, 2.45) is 0 Å². The molecule has 2 heterocycles. The van der Waals surface area contributed by atoms with Crippen LogP contribution in [0.1, 0.15) is 24.4 Å². The van der Waals surface area contributed by atoms with E-state index in [4.69, 9.17) is 27.9 Å². The summed E-state index contributed by atoms with van der Waals surface area (Å²) in [5.74, 6) is -0.404. The predicted molar refractivity (Wildman–Crippen MR) is 133 cm³/mol. The van der Waals surface area contributed by atoms with Gasteiger partial charge in [-0.3, -0.25) is 15.0 Å². The third-order valence-corrected chi connectivity index (χ3v) is 6.65. The van der Waals surface area contributed by atoms with E-state index in [9.17, 15) is 14.4 Å². The zero-order chi connectivity index (χ0) is 24.8. The van der Waals surface area contributed by atoms with Crippen LogP contribution in [0.3, 0.4) is 0 Å². The lowest BCUT2D eigenvalue weighted by Crippen LogP contribution is -2.56. The summed E-state index contributed by atoms with van der Waals surface area (Å²) in [5, 5.41) is 8.14. The number of nitrogens with one attached hydrogen (secondary N) is 3. The molecular formula is C24H27Cl2N5O4. The monoisotopic (exact) mass is 519 g/mol. The number of carbonyl (C=O) groups excluding carboxylic acids is 3. The molecule has 186 valence electrons. The van der Waals surface area contributed by atoms with E-state index in [1.54, 1.807) is 48.5 Å². The van der Waals surface area contributed by atoms with E-state index in [1.165, 1.54) is 0 Å². The van der Waals surface area contributed by atoms with E-state index < -0.39 is 18.0 Å². The van der Waals surface area contributed by atoms with E-state index in [1.807, 2.05) is 9.91 Å². The van der Waals surface area contributed by atoms with Gasteiger partial charge < -0.3 is 20.3 Å². The molecule has 0 spiro atoms. The number of carbonyl (C=O) groups is 3. The molecule has 2 aliphatic rings. The molecule has 4 rings (SSSR count). The number of amides is 4. The highest BCUT2D eigenvalue weighted by Gasteiger charge is 2.32. The highest BCUT2D eigenvalue weighted by atomic mass is 35.5. The van der Waals surface area contributed by atoms with Crippen molar-refractivity contribution in [1.29, 1.82) is 0 Å². The Hall–Kier alpha value is -2.85. The van der Waals surface area contributed by atoms with Gasteiger partial charge in [0.1, 0.15) is 12.6 Å². The van der Waals surface area contributed by atoms with E-state index in [0.29, 0.717) is 47.5 Å². The second-order valence-corrected chi connectivity index (χ2v) is 9.24. The van der Waals surface area contributed by atoms with Crippen LogP contribution < -0.4 is 16.1 Å². The summed E-state index contributed by atoms with van der Waals surface area (Å²) in [5.41, 5.74) is 3.91. The Morgan fingerprint density at radius 3 is 2.40 bits per heavy atom. The summed E-state index contributed by atoms with van der Waals surface area (Å²) < 4.78 is 5.21. The lowest BCUT2D eigenvalue weighted by atomic mass is 10.0. The van der Waals surface area contributed by atoms with Crippen molar-refractivity contribution in [1.82, 2.24) is 20.7 Å². The maximum Gasteiger partial charge on any atom is 0.320 e. The SMILES string of the molecule is O=C(Nc1ccc(Cl)cc1)NC(C(=O)NN1CCC(N2CCOCC2=O)CC1)c1ccccc1Cl. The number of ether oxygens (including phenoxy) is 1. The molecule has 2 aromatic carbocycles. The number of benzene rings is 2. The first-order valence-corrected chi connectivity index (χ1v) is 12.2. The predicted octanol–water partition coefficient (Wildman–Crippen LogP) is 3.21.